The lowest BCUT2D eigenvalue weighted by atomic mass is 9.92. The second-order valence-electron chi connectivity index (χ2n) is 7.12. The summed E-state index contributed by atoms with van der Waals surface area (Å²) >= 11 is 0. The zero-order valence-corrected chi connectivity index (χ0v) is 12.4. The molecule has 3 fully saturated rings. The molecule has 0 aliphatic heterocycles. The van der Waals surface area contributed by atoms with E-state index in [0.717, 1.165) is 31.5 Å². The van der Waals surface area contributed by atoms with Crippen molar-refractivity contribution in [2.75, 3.05) is 26.2 Å². The molecule has 0 aromatic rings. The smallest absolute Gasteiger partial charge is 0.0628 e. The molecular formula is C16H30N2O. The molecule has 0 heterocycles. The first-order chi connectivity index (χ1) is 9.27. The third-order valence-corrected chi connectivity index (χ3v) is 5.11. The molecule has 0 spiro atoms. The fourth-order valence-electron chi connectivity index (χ4n) is 3.35. The highest BCUT2D eigenvalue weighted by molar-refractivity contribution is 5.05. The molecule has 3 aliphatic carbocycles. The predicted molar refractivity (Wildman–Crippen MR) is 78.2 cm³/mol. The van der Waals surface area contributed by atoms with Crippen LogP contribution in [-0.2, 0) is 0 Å². The van der Waals surface area contributed by atoms with Crippen molar-refractivity contribution in [1.29, 1.82) is 0 Å². The average molecular weight is 266 g/mol. The van der Waals surface area contributed by atoms with Crippen LogP contribution < -0.4 is 5.32 Å². The molecule has 3 aliphatic rings. The quantitative estimate of drug-likeness (QED) is 0.635. The van der Waals surface area contributed by atoms with Crippen LogP contribution in [0.2, 0.25) is 0 Å². The Hall–Kier alpha value is -0.120. The number of nitrogens with one attached hydrogen (secondary N) is 1. The topological polar surface area (TPSA) is 35.5 Å². The summed E-state index contributed by atoms with van der Waals surface area (Å²) in [5.41, 5.74) is -0.00646. The molecule has 0 aromatic heterocycles. The van der Waals surface area contributed by atoms with Crippen molar-refractivity contribution in [1.82, 2.24) is 10.2 Å². The van der Waals surface area contributed by atoms with Gasteiger partial charge in [-0.05, 0) is 63.3 Å². The molecule has 110 valence electrons. The Kier molecular flexibility index (Phi) is 4.16. The third kappa shape index (κ3) is 3.50. The monoisotopic (exact) mass is 266 g/mol. The van der Waals surface area contributed by atoms with Gasteiger partial charge in [0.05, 0.1) is 12.1 Å². The fraction of sp³-hybridized carbons (Fsp3) is 1.00. The first-order valence-corrected chi connectivity index (χ1v) is 8.37. The number of nitrogens with zero attached hydrogens (tertiary/aromatic N) is 1. The summed E-state index contributed by atoms with van der Waals surface area (Å²) in [6.45, 7) is 5.93. The molecule has 3 saturated carbocycles. The number of hydrogen-bond donors (Lipinski definition) is 2. The maximum atomic E-state index is 10.0. The van der Waals surface area contributed by atoms with Crippen LogP contribution in [0.1, 0.15) is 51.9 Å². The van der Waals surface area contributed by atoms with E-state index in [4.69, 9.17) is 0 Å². The van der Waals surface area contributed by atoms with Crippen LogP contribution >= 0.6 is 0 Å². The van der Waals surface area contributed by atoms with E-state index in [9.17, 15) is 5.11 Å². The van der Waals surface area contributed by atoms with Gasteiger partial charge in [0.15, 0.2) is 0 Å². The van der Waals surface area contributed by atoms with E-state index in [1.807, 2.05) is 0 Å². The average Bonchev–Trinajstić information content (AvgIpc) is 3.30. The molecule has 0 radical (unpaired) electrons. The number of hydrogen-bond acceptors (Lipinski definition) is 3. The summed E-state index contributed by atoms with van der Waals surface area (Å²) in [4.78, 5) is 2.70. The Bertz CT molecular complexity index is 297. The highest BCUT2D eigenvalue weighted by Gasteiger charge is 2.47. The van der Waals surface area contributed by atoms with Crippen molar-refractivity contribution in [3.8, 4) is 0 Å². The van der Waals surface area contributed by atoms with Gasteiger partial charge in [-0.1, -0.05) is 6.92 Å². The van der Waals surface area contributed by atoms with Gasteiger partial charge in [-0.2, -0.15) is 0 Å². The van der Waals surface area contributed by atoms with Crippen molar-refractivity contribution >= 4 is 0 Å². The van der Waals surface area contributed by atoms with E-state index in [1.165, 1.54) is 45.1 Å². The fourth-order valence-corrected chi connectivity index (χ4v) is 3.35. The molecule has 3 rings (SSSR count). The highest BCUT2D eigenvalue weighted by Crippen LogP contribution is 2.42. The van der Waals surface area contributed by atoms with E-state index in [1.54, 1.807) is 0 Å². The number of aliphatic hydroxyl groups excluding tert-OH is 1. The molecule has 1 unspecified atom stereocenters. The van der Waals surface area contributed by atoms with Crippen molar-refractivity contribution < 1.29 is 5.11 Å². The zero-order chi connectivity index (χ0) is 13.3. The van der Waals surface area contributed by atoms with Crippen LogP contribution in [0.25, 0.3) is 0 Å². The second kappa shape index (κ2) is 5.71. The Morgan fingerprint density at radius 3 is 2.37 bits per heavy atom. The van der Waals surface area contributed by atoms with E-state index in [2.05, 4.69) is 17.1 Å². The molecule has 3 nitrogen and oxygen atoms in total. The Morgan fingerprint density at radius 1 is 1.16 bits per heavy atom. The summed E-state index contributed by atoms with van der Waals surface area (Å²) in [6.07, 6.45) is 9.39. The maximum Gasteiger partial charge on any atom is 0.0628 e. The summed E-state index contributed by atoms with van der Waals surface area (Å²) < 4.78 is 0. The van der Waals surface area contributed by atoms with Crippen LogP contribution in [0.5, 0.6) is 0 Å². The lowest BCUT2D eigenvalue weighted by molar-refractivity contribution is 0.0846. The summed E-state index contributed by atoms with van der Waals surface area (Å²) in [5, 5.41) is 13.7. The first kappa shape index (κ1) is 13.8. The number of aliphatic hydroxyl groups is 1. The lowest BCUT2D eigenvalue weighted by Gasteiger charge is -2.39. The van der Waals surface area contributed by atoms with Crippen LogP contribution in [0, 0.1) is 11.8 Å². The molecule has 0 aromatic carbocycles. The summed E-state index contributed by atoms with van der Waals surface area (Å²) in [5.74, 6) is 1.67. The first-order valence-electron chi connectivity index (χ1n) is 8.37. The van der Waals surface area contributed by atoms with Crippen LogP contribution in [0.15, 0.2) is 0 Å². The standard InChI is InChI=1S/C16H30N2O/c1-2-9-17-16(12-19,14-5-6-14)11-18(15-7-8-15)10-13-3-4-13/h13-15,17,19H,2-12H2,1H3. The summed E-state index contributed by atoms with van der Waals surface area (Å²) in [7, 11) is 0. The van der Waals surface area contributed by atoms with Crippen molar-refractivity contribution in [2.24, 2.45) is 11.8 Å². The van der Waals surface area contributed by atoms with Crippen LogP contribution in [0.4, 0.5) is 0 Å². The SMILES string of the molecule is CCCNC(CO)(CN(CC1CC1)C1CC1)C1CC1. The maximum absolute atomic E-state index is 10.0. The minimum Gasteiger partial charge on any atom is -0.394 e. The van der Waals surface area contributed by atoms with Gasteiger partial charge in [0.25, 0.3) is 0 Å². The van der Waals surface area contributed by atoms with Crippen LogP contribution in [0.3, 0.4) is 0 Å². The Morgan fingerprint density at radius 2 is 1.89 bits per heavy atom. The van der Waals surface area contributed by atoms with Gasteiger partial charge < -0.3 is 10.4 Å². The van der Waals surface area contributed by atoms with Gasteiger partial charge in [0.1, 0.15) is 0 Å². The summed E-state index contributed by atoms with van der Waals surface area (Å²) in [6, 6.07) is 0.828. The molecule has 3 heteroatoms. The van der Waals surface area contributed by atoms with Crippen LogP contribution in [-0.4, -0.2) is 47.8 Å². The highest BCUT2D eigenvalue weighted by atomic mass is 16.3. The molecule has 1 atom stereocenters. The molecule has 0 bridgehead atoms. The minimum absolute atomic E-state index is 0.00646. The van der Waals surface area contributed by atoms with Crippen molar-refractivity contribution in [3.05, 3.63) is 0 Å². The van der Waals surface area contributed by atoms with Gasteiger partial charge in [-0.15, -0.1) is 0 Å². The lowest BCUT2D eigenvalue weighted by Crippen LogP contribution is -2.58. The van der Waals surface area contributed by atoms with Crippen molar-refractivity contribution in [2.45, 2.75) is 63.5 Å². The van der Waals surface area contributed by atoms with E-state index in [0.29, 0.717) is 12.5 Å². The van der Waals surface area contributed by atoms with Crippen molar-refractivity contribution in [3.63, 3.8) is 0 Å². The molecule has 19 heavy (non-hydrogen) atoms. The molecular weight excluding hydrogens is 236 g/mol. The predicted octanol–water partition coefficient (Wildman–Crippen LogP) is 2.00. The second-order valence-corrected chi connectivity index (χ2v) is 7.12. The van der Waals surface area contributed by atoms with Gasteiger partial charge >= 0.3 is 0 Å². The largest absolute Gasteiger partial charge is 0.394 e. The number of rotatable bonds is 10. The normalized spacial score (nSPS) is 26.7. The Labute approximate surface area is 117 Å². The van der Waals surface area contributed by atoms with Gasteiger partial charge in [-0.25, -0.2) is 0 Å². The van der Waals surface area contributed by atoms with Gasteiger partial charge in [0, 0.05) is 19.1 Å². The molecule has 0 amide bonds. The van der Waals surface area contributed by atoms with Gasteiger partial charge in [0.2, 0.25) is 0 Å². The molecule has 0 saturated heterocycles. The zero-order valence-electron chi connectivity index (χ0n) is 12.4. The third-order valence-electron chi connectivity index (χ3n) is 5.11. The van der Waals surface area contributed by atoms with E-state index in [-0.39, 0.29) is 5.54 Å². The molecule has 2 N–H and O–H groups in total. The van der Waals surface area contributed by atoms with E-state index < -0.39 is 0 Å². The Balaban J connectivity index is 1.63. The van der Waals surface area contributed by atoms with Gasteiger partial charge in [-0.3, -0.25) is 4.90 Å². The minimum atomic E-state index is -0.00646. The van der Waals surface area contributed by atoms with E-state index >= 15 is 0 Å².